The minimum absolute atomic E-state index is 0.0638. The highest BCUT2D eigenvalue weighted by Crippen LogP contribution is 2.50. The summed E-state index contributed by atoms with van der Waals surface area (Å²) in [7, 11) is 1.85. The van der Waals surface area contributed by atoms with E-state index in [9.17, 15) is 4.79 Å². The molecule has 0 saturated heterocycles. The van der Waals surface area contributed by atoms with Crippen molar-refractivity contribution in [2.75, 3.05) is 5.32 Å². The molecule has 1 N–H and O–H groups in total. The molecule has 0 radical (unpaired) electrons. The van der Waals surface area contributed by atoms with E-state index in [-0.39, 0.29) is 5.91 Å². The van der Waals surface area contributed by atoms with Gasteiger partial charge in [0.1, 0.15) is 0 Å². The largest absolute Gasteiger partial charge is 0.322 e. The molecule has 4 rings (SSSR count). The molecule has 22 heavy (non-hydrogen) atoms. The molecule has 0 fully saturated rings. The summed E-state index contributed by atoms with van der Waals surface area (Å²) < 4.78 is 1.70. The maximum Gasteiger partial charge on any atom is 0.259 e. The van der Waals surface area contributed by atoms with Crippen molar-refractivity contribution < 1.29 is 4.79 Å². The summed E-state index contributed by atoms with van der Waals surface area (Å²) >= 11 is 0. The van der Waals surface area contributed by atoms with Gasteiger partial charge in [0, 0.05) is 24.8 Å². The first kappa shape index (κ1) is 13.3. The smallest absolute Gasteiger partial charge is 0.259 e. The van der Waals surface area contributed by atoms with Crippen LogP contribution in [0.3, 0.4) is 0 Å². The Morgan fingerprint density at radius 3 is 3.14 bits per heavy atom. The van der Waals surface area contributed by atoms with Gasteiger partial charge >= 0.3 is 0 Å². The lowest BCUT2D eigenvalue weighted by molar-refractivity contribution is 0.102. The van der Waals surface area contributed by atoms with Crippen molar-refractivity contribution in [2.45, 2.75) is 32.1 Å². The molecule has 2 aliphatic carbocycles. The summed E-state index contributed by atoms with van der Waals surface area (Å²) in [5, 5.41) is 7.45. The van der Waals surface area contributed by atoms with Crippen LogP contribution in [0.5, 0.6) is 0 Å². The number of hydrogen-bond acceptors (Lipinski definition) is 2. The molecule has 1 aromatic carbocycles. The van der Waals surface area contributed by atoms with Gasteiger partial charge in [0.2, 0.25) is 0 Å². The van der Waals surface area contributed by atoms with Crippen molar-refractivity contribution in [2.24, 2.45) is 7.05 Å². The third kappa shape index (κ3) is 1.90. The number of allylic oxidation sites excluding steroid dienone is 2. The molecule has 2 aromatic rings. The highest BCUT2D eigenvalue weighted by molar-refractivity contribution is 6.06. The molecule has 1 atom stereocenters. The Morgan fingerprint density at radius 2 is 2.32 bits per heavy atom. The van der Waals surface area contributed by atoms with E-state index in [1.54, 1.807) is 10.9 Å². The molecule has 1 heterocycles. The van der Waals surface area contributed by atoms with Crippen LogP contribution >= 0.6 is 0 Å². The number of carbonyl (C=O) groups is 1. The number of fused-ring (bicyclic) bond motifs is 4. The van der Waals surface area contributed by atoms with E-state index >= 15 is 0 Å². The number of carbonyl (C=O) groups excluding carboxylic acids is 1. The van der Waals surface area contributed by atoms with Gasteiger partial charge in [-0.25, -0.2) is 0 Å². The lowest BCUT2D eigenvalue weighted by Crippen LogP contribution is -2.15. The summed E-state index contributed by atoms with van der Waals surface area (Å²) in [6.45, 7) is 2.02. The maximum atomic E-state index is 12.6. The van der Waals surface area contributed by atoms with E-state index in [0.29, 0.717) is 11.5 Å². The van der Waals surface area contributed by atoms with Gasteiger partial charge in [-0.05, 0) is 42.0 Å². The normalized spacial score (nSPS) is 18.3. The van der Waals surface area contributed by atoms with Gasteiger partial charge in [-0.15, -0.1) is 0 Å². The second-order valence-electron chi connectivity index (χ2n) is 6.07. The summed E-state index contributed by atoms with van der Waals surface area (Å²) in [5.41, 5.74) is 6.50. The topological polar surface area (TPSA) is 46.9 Å². The molecule has 2 bridgehead atoms. The van der Waals surface area contributed by atoms with Crippen LogP contribution in [0.1, 0.15) is 52.9 Å². The van der Waals surface area contributed by atoms with Gasteiger partial charge in [0.05, 0.1) is 11.3 Å². The number of anilines is 1. The number of nitrogens with zero attached hydrogens (tertiary/aromatic N) is 2. The van der Waals surface area contributed by atoms with Crippen LogP contribution in [0, 0.1) is 0 Å². The molecule has 0 spiro atoms. The number of benzene rings is 1. The molecule has 0 aliphatic heterocycles. The van der Waals surface area contributed by atoms with E-state index in [0.717, 1.165) is 24.2 Å². The molecular weight excluding hydrogens is 274 g/mol. The number of rotatable bonds is 3. The SMILES string of the molecule is CCc1nn(C)cc1C(=O)Nc1cccc2c1C1C=C2CC1. The highest BCUT2D eigenvalue weighted by atomic mass is 16.1. The van der Waals surface area contributed by atoms with Crippen molar-refractivity contribution in [1.82, 2.24) is 9.78 Å². The minimum Gasteiger partial charge on any atom is -0.322 e. The number of hydrogen-bond donors (Lipinski definition) is 1. The molecule has 1 unspecified atom stereocenters. The number of aromatic nitrogens is 2. The van der Waals surface area contributed by atoms with E-state index in [4.69, 9.17) is 0 Å². The van der Waals surface area contributed by atoms with Gasteiger partial charge in [-0.3, -0.25) is 9.48 Å². The van der Waals surface area contributed by atoms with Gasteiger partial charge in [-0.1, -0.05) is 25.1 Å². The number of nitrogens with one attached hydrogen (secondary N) is 1. The van der Waals surface area contributed by atoms with Gasteiger partial charge in [0.25, 0.3) is 5.91 Å². The van der Waals surface area contributed by atoms with Crippen LogP contribution in [0.15, 0.2) is 30.5 Å². The Kier molecular flexibility index (Phi) is 2.93. The lowest BCUT2D eigenvalue weighted by Gasteiger charge is -2.19. The van der Waals surface area contributed by atoms with Gasteiger partial charge < -0.3 is 5.32 Å². The average molecular weight is 293 g/mol. The molecule has 112 valence electrons. The van der Waals surface area contributed by atoms with E-state index in [1.165, 1.54) is 23.1 Å². The monoisotopic (exact) mass is 293 g/mol. The first-order chi connectivity index (χ1) is 10.7. The van der Waals surface area contributed by atoms with Gasteiger partial charge in [-0.2, -0.15) is 5.10 Å². The standard InChI is InChI=1S/C18H19N3O/c1-3-15-14(10-21(2)20-15)18(22)19-16-6-4-5-13-11-7-8-12(9-11)17(13)16/h4-6,9-10,12H,3,7-8H2,1-2H3,(H,19,22). The van der Waals surface area contributed by atoms with Crippen LogP contribution < -0.4 is 5.32 Å². The zero-order valence-electron chi connectivity index (χ0n) is 12.9. The second-order valence-corrected chi connectivity index (χ2v) is 6.07. The summed E-state index contributed by atoms with van der Waals surface area (Å²) in [5.74, 6) is 0.409. The summed E-state index contributed by atoms with van der Waals surface area (Å²) in [6, 6.07) is 6.20. The third-order valence-corrected chi connectivity index (χ3v) is 4.68. The third-order valence-electron chi connectivity index (χ3n) is 4.68. The summed E-state index contributed by atoms with van der Waals surface area (Å²) in [4.78, 5) is 12.6. The number of aryl methyl sites for hydroxylation is 2. The van der Waals surface area contributed by atoms with Crippen LogP contribution in [0.25, 0.3) is 5.57 Å². The summed E-state index contributed by atoms with van der Waals surface area (Å²) in [6.07, 6.45) is 7.23. The van der Waals surface area contributed by atoms with Crippen LogP contribution in [-0.4, -0.2) is 15.7 Å². The average Bonchev–Trinajstić information content (AvgIpc) is 3.21. The quantitative estimate of drug-likeness (QED) is 0.941. The molecule has 2 aliphatic rings. The maximum absolute atomic E-state index is 12.6. The lowest BCUT2D eigenvalue weighted by atomic mass is 9.89. The second kappa shape index (κ2) is 4.83. The Labute approximate surface area is 129 Å². The Morgan fingerprint density at radius 1 is 1.45 bits per heavy atom. The Balaban J connectivity index is 1.67. The van der Waals surface area contributed by atoms with Crippen molar-refractivity contribution in [3.05, 3.63) is 52.9 Å². The first-order valence-electron chi connectivity index (χ1n) is 7.85. The van der Waals surface area contributed by atoms with Crippen LogP contribution in [0.4, 0.5) is 5.69 Å². The fourth-order valence-electron chi connectivity index (χ4n) is 3.70. The molecule has 4 nitrogen and oxygen atoms in total. The highest BCUT2D eigenvalue weighted by Gasteiger charge is 2.31. The number of amides is 1. The fraction of sp³-hybridized carbons (Fsp3) is 0.333. The predicted octanol–water partition coefficient (Wildman–Crippen LogP) is 3.51. The van der Waals surface area contributed by atoms with E-state index in [2.05, 4.69) is 22.6 Å². The van der Waals surface area contributed by atoms with Gasteiger partial charge in [0.15, 0.2) is 0 Å². The zero-order chi connectivity index (χ0) is 15.3. The van der Waals surface area contributed by atoms with E-state index in [1.807, 2.05) is 26.1 Å². The van der Waals surface area contributed by atoms with Crippen molar-refractivity contribution in [3.63, 3.8) is 0 Å². The Hall–Kier alpha value is -2.36. The zero-order valence-corrected chi connectivity index (χ0v) is 12.9. The Bertz CT molecular complexity index is 801. The van der Waals surface area contributed by atoms with Crippen LogP contribution in [0.2, 0.25) is 0 Å². The molecule has 0 saturated carbocycles. The van der Waals surface area contributed by atoms with Crippen molar-refractivity contribution >= 4 is 17.2 Å². The van der Waals surface area contributed by atoms with Crippen molar-refractivity contribution in [3.8, 4) is 0 Å². The van der Waals surface area contributed by atoms with E-state index < -0.39 is 0 Å². The first-order valence-corrected chi connectivity index (χ1v) is 7.85. The molecule has 1 amide bonds. The molecule has 4 heteroatoms. The molecule has 1 aromatic heterocycles. The molecular formula is C18H19N3O. The van der Waals surface area contributed by atoms with Crippen molar-refractivity contribution in [1.29, 1.82) is 0 Å². The van der Waals surface area contributed by atoms with Crippen LogP contribution in [-0.2, 0) is 13.5 Å². The predicted molar refractivity (Wildman–Crippen MR) is 86.9 cm³/mol. The fourth-order valence-corrected chi connectivity index (χ4v) is 3.70. The minimum atomic E-state index is -0.0638.